The van der Waals surface area contributed by atoms with Gasteiger partial charge in [-0.15, -0.1) is 0 Å². The number of aryl methyl sites for hydroxylation is 1. The third-order valence-electron chi connectivity index (χ3n) is 5.28. The van der Waals surface area contributed by atoms with E-state index in [4.69, 9.17) is 9.94 Å². The highest BCUT2D eigenvalue weighted by Crippen LogP contribution is 2.21. The highest BCUT2D eigenvalue weighted by molar-refractivity contribution is 5.84. The summed E-state index contributed by atoms with van der Waals surface area (Å²) in [6.45, 7) is 2.05. The highest BCUT2D eigenvalue weighted by Gasteiger charge is 2.21. The molecule has 0 saturated carbocycles. The van der Waals surface area contributed by atoms with E-state index in [-0.39, 0.29) is 12.3 Å². The zero-order valence-corrected chi connectivity index (χ0v) is 18.7. The molecule has 0 aliphatic carbocycles. The van der Waals surface area contributed by atoms with E-state index in [0.29, 0.717) is 25.7 Å². The Morgan fingerprint density at radius 1 is 0.844 bits per heavy atom. The van der Waals surface area contributed by atoms with Gasteiger partial charge in [-0.25, -0.2) is 10.3 Å². The predicted molar refractivity (Wildman–Crippen MR) is 122 cm³/mol. The summed E-state index contributed by atoms with van der Waals surface area (Å²) in [7, 11) is 1.31. The lowest BCUT2D eigenvalue weighted by Gasteiger charge is -2.17. The smallest absolute Gasteiger partial charge is 0.328 e. The largest absolute Gasteiger partial charge is 0.467 e. The Balaban J connectivity index is 1.84. The second-order valence-corrected chi connectivity index (χ2v) is 7.86. The van der Waals surface area contributed by atoms with Gasteiger partial charge in [0.25, 0.3) is 0 Å². The maximum atomic E-state index is 12.3. The number of carbonyl (C=O) groups is 3. The Bertz CT molecular complexity index is 878. The number of esters is 1. The molecule has 0 aliphatic heterocycles. The summed E-state index contributed by atoms with van der Waals surface area (Å²) in [4.78, 5) is 35.4. The fourth-order valence-electron chi connectivity index (χ4n) is 3.40. The van der Waals surface area contributed by atoms with Gasteiger partial charge in [0.2, 0.25) is 11.8 Å². The molecular formula is C25H32N2O5. The molecule has 32 heavy (non-hydrogen) atoms. The summed E-state index contributed by atoms with van der Waals surface area (Å²) in [5.41, 5.74) is 5.94. The number of unbranched alkanes of at least 4 members (excludes halogenated alkanes) is 3. The van der Waals surface area contributed by atoms with Crippen LogP contribution in [0.4, 0.5) is 0 Å². The third-order valence-corrected chi connectivity index (χ3v) is 5.28. The fraction of sp³-hybridized carbons (Fsp3) is 0.400. The summed E-state index contributed by atoms with van der Waals surface area (Å²) < 4.78 is 4.87. The first-order valence-electron chi connectivity index (χ1n) is 10.9. The molecule has 2 rings (SSSR count). The van der Waals surface area contributed by atoms with Gasteiger partial charge in [0.15, 0.2) is 0 Å². The summed E-state index contributed by atoms with van der Waals surface area (Å²) in [6.07, 6.45) is 3.79. The van der Waals surface area contributed by atoms with Crippen LogP contribution in [0.15, 0.2) is 48.5 Å². The van der Waals surface area contributed by atoms with Gasteiger partial charge in [0.05, 0.1) is 7.11 Å². The van der Waals surface area contributed by atoms with Crippen LogP contribution in [0.2, 0.25) is 0 Å². The lowest BCUT2D eigenvalue weighted by atomic mass is 10.00. The predicted octanol–water partition coefficient (Wildman–Crippen LogP) is 3.71. The van der Waals surface area contributed by atoms with Crippen LogP contribution in [-0.4, -0.2) is 36.1 Å². The van der Waals surface area contributed by atoms with Crippen molar-refractivity contribution in [1.82, 2.24) is 10.8 Å². The molecule has 0 radical (unpaired) electrons. The molecule has 7 heteroatoms. The minimum absolute atomic E-state index is 0.204. The first-order chi connectivity index (χ1) is 15.4. The van der Waals surface area contributed by atoms with Gasteiger partial charge in [0, 0.05) is 19.3 Å². The highest BCUT2D eigenvalue weighted by atomic mass is 16.5. The third kappa shape index (κ3) is 8.51. The molecule has 2 aromatic rings. The summed E-state index contributed by atoms with van der Waals surface area (Å²) in [6, 6.07) is 15.5. The van der Waals surface area contributed by atoms with Crippen molar-refractivity contribution in [2.45, 2.75) is 57.9 Å². The number of hydrogen-bond donors (Lipinski definition) is 3. The van der Waals surface area contributed by atoms with Crippen molar-refractivity contribution in [3.05, 3.63) is 59.7 Å². The van der Waals surface area contributed by atoms with E-state index in [1.165, 1.54) is 12.7 Å². The van der Waals surface area contributed by atoms with Crippen LogP contribution in [0.1, 0.15) is 49.7 Å². The molecule has 0 spiro atoms. The number of hydrogen-bond acceptors (Lipinski definition) is 5. The number of amides is 2. The van der Waals surface area contributed by atoms with Gasteiger partial charge in [0.1, 0.15) is 6.04 Å². The number of carbonyl (C=O) groups excluding carboxylic acids is 3. The molecule has 2 amide bonds. The van der Waals surface area contributed by atoms with Crippen LogP contribution in [0.25, 0.3) is 11.1 Å². The van der Waals surface area contributed by atoms with Crippen molar-refractivity contribution in [3.8, 4) is 11.1 Å². The minimum Gasteiger partial charge on any atom is -0.467 e. The first kappa shape index (κ1) is 25.1. The molecule has 0 aliphatic rings. The molecule has 0 bridgehead atoms. The van der Waals surface area contributed by atoms with Gasteiger partial charge >= 0.3 is 5.97 Å². The number of rotatable bonds is 12. The maximum Gasteiger partial charge on any atom is 0.328 e. The lowest BCUT2D eigenvalue weighted by Crippen LogP contribution is -2.43. The molecule has 0 heterocycles. The average Bonchev–Trinajstić information content (AvgIpc) is 2.81. The van der Waals surface area contributed by atoms with Gasteiger partial charge in [-0.3, -0.25) is 14.8 Å². The van der Waals surface area contributed by atoms with Crippen molar-refractivity contribution in [2.75, 3.05) is 7.11 Å². The molecule has 172 valence electrons. The van der Waals surface area contributed by atoms with Gasteiger partial charge in [-0.1, -0.05) is 66.9 Å². The number of nitrogens with one attached hydrogen (secondary N) is 2. The maximum absolute atomic E-state index is 12.3. The second kappa shape index (κ2) is 13.3. The molecule has 0 aromatic heterocycles. The molecule has 1 atom stereocenters. The van der Waals surface area contributed by atoms with Crippen LogP contribution in [-0.2, 0) is 25.5 Å². The quantitative estimate of drug-likeness (QED) is 0.202. The number of ether oxygens (including phenoxy) is 1. The van der Waals surface area contributed by atoms with E-state index in [9.17, 15) is 14.4 Å². The minimum atomic E-state index is -0.744. The standard InChI is InChI=1S/C25H32N2O5/c1-18-9-13-20(14-10-18)21-15-11-19(12-16-21)17-22(25(30)32-2)26-23(28)7-5-3-4-6-8-24(29)27-31/h9-16,22,31H,3-8,17H2,1-2H3,(H,26,28)(H,27,29)/t22-/m0/s1. The van der Waals surface area contributed by atoms with Gasteiger partial charge < -0.3 is 10.1 Å². The Hall–Kier alpha value is -3.19. The normalized spacial score (nSPS) is 11.5. The lowest BCUT2D eigenvalue weighted by molar-refractivity contribution is -0.145. The molecule has 3 N–H and O–H groups in total. The van der Waals surface area contributed by atoms with Crippen molar-refractivity contribution < 1.29 is 24.3 Å². The van der Waals surface area contributed by atoms with E-state index < -0.39 is 17.9 Å². The molecule has 2 aromatic carbocycles. The van der Waals surface area contributed by atoms with E-state index in [2.05, 4.69) is 29.6 Å². The van der Waals surface area contributed by atoms with Gasteiger partial charge in [-0.05, 0) is 36.5 Å². The number of hydroxylamine groups is 1. The van der Waals surface area contributed by atoms with E-state index >= 15 is 0 Å². The fourth-order valence-corrected chi connectivity index (χ4v) is 3.40. The number of methoxy groups -OCH3 is 1. The van der Waals surface area contributed by atoms with Crippen molar-refractivity contribution in [2.24, 2.45) is 0 Å². The van der Waals surface area contributed by atoms with Crippen molar-refractivity contribution in [3.63, 3.8) is 0 Å². The van der Waals surface area contributed by atoms with Crippen LogP contribution in [0.3, 0.4) is 0 Å². The molecule has 0 fully saturated rings. The van der Waals surface area contributed by atoms with Crippen LogP contribution in [0.5, 0.6) is 0 Å². The van der Waals surface area contributed by atoms with Crippen molar-refractivity contribution >= 4 is 17.8 Å². The van der Waals surface area contributed by atoms with Crippen molar-refractivity contribution in [1.29, 1.82) is 0 Å². The number of benzene rings is 2. The Morgan fingerprint density at radius 2 is 1.38 bits per heavy atom. The molecular weight excluding hydrogens is 408 g/mol. The van der Waals surface area contributed by atoms with Gasteiger partial charge in [-0.2, -0.15) is 0 Å². The van der Waals surface area contributed by atoms with E-state index in [1.54, 1.807) is 5.48 Å². The summed E-state index contributed by atoms with van der Waals surface area (Å²) >= 11 is 0. The molecule has 0 saturated heterocycles. The second-order valence-electron chi connectivity index (χ2n) is 7.86. The Morgan fingerprint density at radius 3 is 1.91 bits per heavy atom. The average molecular weight is 441 g/mol. The van der Waals surface area contributed by atoms with Crippen LogP contribution in [0, 0.1) is 6.92 Å². The first-order valence-corrected chi connectivity index (χ1v) is 10.9. The topological polar surface area (TPSA) is 105 Å². The summed E-state index contributed by atoms with van der Waals surface area (Å²) in [5, 5.41) is 11.2. The van der Waals surface area contributed by atoms with Crippen LogP contribution >= 0.6 is 0 Å². The molecule has 7 nitrogen and oxygen atoms in total. The van der Waals surface area contributed by atoms with E-state index in [1.807, 2.05) is 31.2 Å². The zero-order valence-electron chi connectivity index (χ0n) is 18.7. The molecule has 0 unspecified atom stereocenters. The monoisotopic (exact) mass is 440 g/mol. The Labute approximate surface area is 189 Å². The summed E-state index contributed by atoms with van der Waals surface area (Å²) in [5.74, 6) is -1.09. The van der Waals surface area contributed by atoms with Crippen LogP contribution < -0.4 is 10.8 Å². The van der Waals surface area contributed by atoms with E-state index in [0.717, 1.165) is 29.5 Å². The SMILES string of the molecule is COC(=O)[C@H](Cc1ccc(-c2ccc(C)cc2)cc1)NC(=O)CCCCCCC(=O)NO. The Kier molecular flexibility index (Phi) is 10.4. The zero-order chi connectivity index (χ0) is 23.3.